The topological polar surface area (TPSA) is 48.5 Å². The number of nitrogens with zero attached hydrogens (tertiary/aromatic N) is 3. The Morgan fingerprint density at radius 1 is 1.68 bits per heavy atom. The SMILES string of the molecule is CCN1CC[C@@H](N(C)C(=O)Nc2nccs2)C[C@H]1C. The lowest BCUT2D eigenvalue weighted by Gasteiger charge is -2.40. The molecule has 1 aromatic rings. The second-order valence-electron chi connectivity index (χ2n) is 5.03. The molecule has 1 aliphatic rings. The second-order valence-corrected chi connectivity index (χ2v) is 5.93. The number of hydrogen-bond donors (Lipinski definition) is 1. The van der Waals surface area contributed by atoms with Crippen molar-refractivity contribution in [1.29, 1.82) is 0 Å². The average molecular weight is 282 g/mol. The first-order valence-corrected chi connectivity index (χ1v) is 7.67. The predicted molar refractivity (Wildman–Crippen MR) is 78.6 cm³/mol. The summed E-state index contributed by atoms with van der Waals surface area (Å²) in [5.74, 6) is 0. The van der Waals surface area contributed by atoms with Gasteiger partial charge in [0.05, 0.1) is 0 Å². The van der Waals surface area contributed by atoms with Gasteiger partial charge in [0.2, 0.25) is 0 Å². The van der Waals surface area contributed by atoms with Crippen LogP contribution in [-0.4, -0.2) is 53.0 Å². The monoisotopic (exact) mass is 282 g/mol. The minimum Gasteiger partial charge on any atom is -0.324 e. The molecule has 0 aliphatic carbocycles. The van der Waals surface area contributed by atoms with Crippen LogP contribution in [0.2, 0.25) is 0 Å². The van der Waals surface area contributed by atoms with Crippen molar-refractivity contribution in [3.05, 3.63) is 11.6 Å². The minimum atomic E-state index is -0.0582. The highest BCUT2D eigenvalue weighted by molar-refractivity contribution is 7.13. The summed E-state index contributed by atoms with van der Waals surface area (Å²) in [6, 6.07) is 0.800. The number of carbonyl (C=O) groups is 1. The van der Waals surface area contributed by atoms with E-state index in [4.69, 9.17) is 0 Å². The molecule has 19 heavy (non-hydrogen) atoms. The summed E-state index contributed by atoms with van der Waals surface area (Å²) < 4.78 is 0. The number of likely N-dealkylation sites (tertiary alicyclic amines) is 1. The Hall–Kier alpha value is -1.14. The van der Waals surface area contributed by atoms with Gasteiger partial charge in [-0.1, -0.05) is 6.92 Å². The van der Waals surface area contributed by atoms with Crippen LogP contribution in [0.15, 0.2) is 11.6 Å². The van der Waals surface area contributed by atoms with Gasteiger partial charge >= 0.3 is 6.03 Å². The third-order valence-corrected chi connectivity index (χ3v) is 4.60. The van der Waals surface area contributed by atoms with E-state index in [9.17, 15) is 4.79 Å². The van der Waals surface area contributed by atoms with Crippen LogP contribution in [0.1, 0.15) is 26.7 Å². The number of amides is 2. The summed E-state index contributed by atoms with van der Waals surface area (Å²) in [5.41, 5.74) is 0. The molecule has 106 valence electrons. The zero-order valence-corrected chi connectivity index (χ0v) is 12.6. The molecule has 1 saturated heterocycles. The molecule has 1 fully saturated rings. The minimum absolute atomic E-state index is 0.0582. The molecular weight excluding hydrogens is 260 g/mol. The summed E-state index contributed by atoms with van der Waals surface area (Å²) in [4.78, 5) is 20.5. The zero-order chi connectivity index (χ0) is 13.8. The number of nitrogens with one attached hydrogen (secondary N) is 1. The number of thiazole rings is 1. The Morgan fingerprint density at radius 3 is 3.05 bits per heavy atom. The van der Waals surface area contributed by atoms with E-state index in [0.717, 1.165) is 25.9 Å². The lowest BCUT2D eigenvalue weighted by atomic mass is 9.97. The molecule has 0 aromatic carbocycles. The quantitative estimate of drug-likeness (QED) is 0.926. The van der Waals surface area contributed by atoms with Crippen LogP contribution in [0.5, 0.6) is 0 Å². The van der Waals surface area contributed by atoms with Crippen molar-refractivity contribution >= 4 is 22.5 Å². The molecule has 0 saturated carbocycles. The van der Waals surface area contributed by atoms with Crippen LogP contribution in [0, 0.1) is 0 Å². The van der Waals surface area contributed by atoms with Crippen LogP contribution >= 0.6 is 11.3 Å². The number of anilines is 1. The predicted octanol–water partition coefficient (Wildman–Crippen LogP) is 2.48. The van der Waals surface area contributed by atoms with Crippen molar-refractivity contribution in [2.24, 2.45) is 0 Å². The molecule has 0 unspecified atom stereocenters. The van der Waals surface area contributed by atoms with E-state index in [2.05, 4.69) is 29.0 Å². The van der Waals surface area contributed by atoms with Gasteiger partial charge in [0.15, 0.2) is 5.13 Å². The highest BCUT2D eigenvalue weighted by atomic mass is 32.1. The Bertz CT molecular complexity index is 409. The first kappa shape index (κ1) is 14.3. The summed E-state index contributed by atoms with van der Waals surface area (Å²) in [5, 5.41) is 5.36. The number of piperidine rings is 1. The summed E-state index contributed by atoms with van der Waals surface area (Å²) in [6.07, 6.45) is 3.78. The largest absolute Gasteiger partial charge is 0.324 e. The fraction of sp³-hybridized carbons (Fsp3) is 0.692. The molecular formula is C13H22N4OS. The molecule has 5 nitrogen and oxygen atoms in total. The number of urea groups is 1. The molecule has 2 amide bonds. The van der Waals surface area contributed by atoms with Crippen LogP contribution < -0.4 is 5.32 Å². The van der Waals surface area contributed by atoms with Gasteiger partial charge in [0.1, 0.15) is 0 Å². The lowest BCUT2D eigenvalue weighted by Crippen LogP contribution is -2.50. The van der Waals surface area contributed by atoms with Crippen molar-refractivity contribution in [2.45, 2.75) is 38.8 Å². The van der Waals surface area contributed by atoms with Gasteiger partial charge in [0.25, 0.3) is 0 Å². The van der Waals surface area contributed by atoms with Crippen LogP contribution in [0.3, 0.4) is 0 Å². The van der Waals surface area contributed by atoms with Gasteiger partial charge in [0, 0.05) is 37.3 Å². The third-order valence-electron chi connectivity index (χ3n) is 3.91. The van der Waals surface area contributed by atoms with Gasteiger partial charge in [-0.15, -0.1) is 11.3 Å². The summed E-state index contributed by atoms with van der Waals surface area (Å²) in [6.45, 7) is 6.58. The summed E-state index contributed by atoms with van der Waals surface area (Å²) >= 11 is 1.44. The number of hydrogen-bond acceptors (Lipinski definition) is 4. The standard InChI is InChI=1S/C13H22N4OS/c1-4-17-7-5-11(9-10(17)2)16(3)13(18)15-12-14-6-8-19-12/h6,8,10-11H,4-5,7,9H2,1-3H3,(H,14,15,18)/t10-,11-/m1/s1. The molecule has 0 bridgehead atoms. The van der Waals surface area contributed by atoms with E-state index in [1.807, 2.05) is 17.3 Å². The second kappa shape index (κ2) is 6.34. The number of aromatic nitrogens is 1. The van der Waals surface area contributed by atoms with Crippen molar-refractivity contribution in [3.8, 4) is 0 Å². The maximum absolute atomic E-state index is 12.1. The maximum atomic E-state index is 12.1. The van der Waals surface area contributed by atoms with E-state index in [0.29, 0.717) is 17.2 Å². The van der Waals surface area contributed by atoms with Gasteiger partial charge < -0.3 is 9.80 Å². The van der Waals surface area contributed by atoms with E-state index < -0.39 is 0 Å². The lowest BCUT2D eigenvalue weighted by molar-refractivity contribution is 0.104. The van der Waals surface area contributed by atoms with Gasteiger partial charge in [-0.25, -0.2) is 9.78 Å². The molecule has 1 aromatic heterocycles. The van der Waals surface area contributed by atoms with Crippen molar-refractivity contribution in [1.82, 2.24) is 14.8 Å². The molecule has 0 radical (unpaired) electrons. The molecule has 6 heteroatoms. The molecule has 2 atom stereocenters. The van der Waals surface area contributed by atoms with Gasteiger partial charge in [-0.2, -0.15) is 0 Å². The molecule has 2 heterocycles. The van der Waals surface area contributed by atoms with E-state index in [-0.39, 0.29) is 6.03 Å². The zero-order valence-electron chi connectivity index (χ0n) is 11.8. The smallest absolute Gasteiger partial charge is 0.323 e. The van der Waals surface area contributed by atoms with Crippen LogP contribution in [0.4, 0.5) is 9.93 Å². The molecule has 1 aliphatic heterocycles. The molecule has 1 N–H and O–H groups in total. The molecule has 0 spiro atoms. The van der Waals surface area contributed by atoms with Gasteiger partial charge in [-0.3, -0.25) is 5.32 Å². The third kappa shape index (κ3) is 3.45. The van der Waals surface area contributed by atoms with Crippen molar-refractivity contribution < 1.29 is 4.79 Å². The fourth-order valence-corrected chi connectivity index (χ4v) is 3.17. The maximum Gasteiger partial charge on any atom is 0.323 e. The molecule has 2 rings (SSSR count). The fourth-order valence-electron chi connectivity index (χ4n) is 2.65. The Kier molecular flexibility index (Phi) is 4.76. The van der Waals surface area contributed by atoms with Crippen LogP contribution in [-0.2, 0) is 0 Å². The number of rotatable bonds is 3. The van der Waals surface area contributed by atoms with E-state index >= 15 is 0 Å². The number of carbonyl (C=O) groups excluding carboxylic acids is 1. The Balaban J connectivity index is 1.89. The first-order valence-electron chi connectivity index (χ1n) is 6.79. The van der Waals surface area contributed by atoms with Crippen molar-refractivity contribution in [3.63, 3.8) is 0 Å². The first-order chi connectivity index (χ1) is 9.11. The van der Waals surface area contributed by atoms with E-state index in [1.54, 1.807) is 6.20 Å². The van der Waals surface area contributed by atoms with Crippen molar-refractivity contribution in [2.75, 3.05) is 25.5 Å². The van der Waals surface area contributed by atoms with Gasteiger partial charge in [-0.05, 0) is 26.3 Å². The summed E-state index contributed by atoms with van der Waals surface area (Å²) in [7, 11) is 1.88. The highest BCUT2D eigenvalue weighted by Crippen LogP contribution is 2.21. The Labute approximate surface area is 118 Å². The highest BCUT2D eigenvalue weighted by Gasteiger charge is 2.29. The average Bonchev–Trinajstić information content (AvgIpc) is 2.90. The Morgan fingerprint density at radius 2 is 2.47 bits per heavy atom. The van der Waals surface area contributed by atoms with E-state index in [1.165, 1.54) is 11.3 Å². The normalized spacial score (nSPS) is 24.2. The van der Waals surface area contributed by atoms with Crippen LogP contribution in [0.25, 0.3) is 0 Å².